The van der Waals surface area contributed by atoms with Crippen molar-refractivity contribution in [3.05, 3.63) is 107 Å². The highest BCUT2D eigenvalue weighted by Gasteiger charge is 2.29. The lowest BCUT2D eigenvalue weighted by Gasteiger charge is -2.35. The van der Waals surface area contributed by atoms with E-state index >= 15 is 0 Å². The van der Waals surface area contributed by atoms with Crippen molar-refractivity contribution in [1.29, 1.82) is 0 Å². The highest BCUT2D eigenvalue weighted by molar-refractivity contribution is 6.31. The van der Waals surface area contributed by atoms with E-state index in [1.165, 1.54) is 12.1 Å². The molecule has 1 saturated heterocycles. The smallest absolute Gasteiger partial charge is 0.258 e. The summed E-state index contributed by atoms with van der Waals surface area (Å²) in [7, 11) is 0. The molecule has 178 valence electrons. The van der Waals surface area contributed by atoms with Crippen LogP contribution in [0.2, 0.25) is 5.02 Å². The van der Waals surface area contributed by atoms with Gasteiger partial charge < -0.3 is 4.90 Å². The van der Waals surface area contributed by atoms with Crippen LogP contribution in [0.1, 0.15) is 21.6 Å². The van der Waals surface area contributed by atoms with Crippen molar-refractivity contribution in [2.24, 2.45) is 0 Å². The van der Waals surface area contributed by atoms with E-state index in [2.05, 4.69) is 4.90 Å². The fourth-order valence-electron chi connectivity index (χ4n) is 4.53. The molecule has 0 atom stereocenters. The summed E-state index contributed by atoms with van der Waals surface area (Å²) < 4.78 is 15.2. The van der Waals surface area contributed by atoms with Crippen molar-refractivity contribution >= 4 is 17.5 Å². The first kappa shape index (κ1) is 23.3. The van der Waals surface area contributed by atoms with Crippen LogP contribution in [-0.2, 0) is 6.54 Å². The minimum Gasteiger partial charge on any atom is -0.336 e. The Balaban J connectivity index is 1.39. The topological polar surface area (TPSA) is 41.4 Å². The molecule has 0 radical (unpaired) electrons. The van der Waals surface area contributed by atoms with Crippen LogP contribution in [0.3, 0.4) is 0 Å². The summed E-state index contributed by atoms with van der Waals surface area (Å²) in [6, 6.07) is 24.2. The van der Waals surface area contributed by atoms with E-state index in [0.717, 1.165) is 22.5 Å². The minimum atomic E-state index is -0.338. The van der Waals surface area contributed by atoms with Crippen LogP contribution in [0.25, 0.3) is 16.9 Å². The van der Waals surface area contributed by atoms with Gasteiger partial charge in [0.2, 0.25) is 0 Å². The van der Waals surface area contributed by atoms with Crippen molar-refractivity contribution in [2.75, 3.05) is 26.2 Å². The van der Waals surface area contributed by atoms with Gasteiger partial charge in [-0.05, 0) is 36.8 Å². The molecule has 35 heavy (non-hydrogen) atoms. The van der Waals surface area contributed by atoms with Crippen LogP contribution in [0, 0.1) is 12.7 Å². The largest absolute Gasteiger partial charge is 0.336 e. The molecule has 2 heterocycles. The first-order valence-corrected chi connectivity index (χ1v) is 12.0. The Kier molecular flexibility index (Phi) is 6.66. The fourth-order valence-corrected chi connectivity index (χ4v) is 4.76. The third kappa shape index (κ3) is 4.85. The molecule has 5 rings (SSSR count). The Morgan fingerprint density at radius 2 is 1.60 bits per heavy atom. The predicted octanol–water partition coefficient (Wildman–Crippen LogP) is 5.60. The molecule has 4 aromatic rings. The number of aromatic nitrogens is 2. The molecule has 0 N–H and O–H groups in total. The van der Waals surface area contributed by atoms with E-state index in [1.54, 1.807) is 6.07 Å². The standard InChI is InChI=1S/C28H26ClFN4O/c1-20-26(27(21-8-4-2-5-9-21)31-34(20)24-10-6-3-7-11-24)28(35)33-16-14-32(15-17-33)19-22-12-13-23(30)18-25(22)29/h2-13,18H,14-17,19H2,1H3. The van der Waals surface area contributed by atoms with Gasteiger partial charge in [-0.2, -0.15) is 5.10 Å². The Morgan fingerprint density at radius 1 is 0.943 bits per heavy atom. The zero-order chi connectivity index (χ0) is 24.4. The molecule has 0 aliphatic carbocycles. The van der Waals surface area contributed by atoms with Gasteiger partial charge in [0.1, 0.15) is 11.5 Å². The van der Waals surface area contributed by atoms with E-state index in [9.17, 15) is 9.18 Å². The van der Waals surface area contributed by atoms with E-state index in [4.69, 9.17) is 16.7 Å². The summed E-state index contributed by atoms with van der Waals surface area (Å²) in [6.45, 7) is 5.20. The molecule has 1 aliphatic rings. The van der Waals surface area contributed by atoms with Crippen LogP contribution in [0.15, 0.2) is 78.9 Å². The number of benzene rings is 3. The van der Waals surface area contributed by atoms with Crippen molar-refractivity contribution in [3.8, 4) is 16.9 Å². The average Bonchev–Trinajstić information content (AvgIpc) is 3.24. The Morgan fingerprint density at radius 3 is 2.26 bits per heavy atom. The van der Waals surface area contributed by atoms with Crippen molar-refractivity contribution < 1.29 is 9.18 Å². The number of carbonyl (C=O) groups excluding carboxylic acids is 1. The maximum absolute atomic E-state index is 13.8. The van der Waals surface area contributed by atoms with E-state index < -0.39 is 0 Å². The molecule has 5 nitrogen and oxygen atoms in total. The van der Waals surface area contributed by atoms with Crippen LogP contribution in [0.4, 0.5) is 4.39 Å². The molecule has 1 aromatic heterocycles. The van der Waals surface area contributed by atoms with Gasteiger partial charge in [-0.3, -0.25) is 9.69 Å². The number of amides is 1. The van der Waals surface area contributed by atoms with Gasteiger partial charge in [0.25, 0.3) is 5.91 Å². The van der Waals surface area contributed by atoms with Crippen LogP contribution in [-0.4, -0.2) is 51.7 Å². The molecule has 0 saturated carbocycles. The quantitative estimate of drug-likeness (QED) is 0.367. The predicted molar refractivity (Wildman–Crippen MR) is 136 cm³/mol. The number of rotatable bonds is 5. The average molecular weight is 489 g/mol. The summed E-state index contributed by atoms with van der Waals surface area (Å²) in [5.41, 5.74) is 4.87. The summed E-state index contributed by atoms with van der Waals surface area (Å²) in [5, 5.41) is 5.30. The van der Waals surface area contributed by atoms with Crippen molar-refractivity contribution in [2.45, 2.75) is 13.5 Å². The lowest BCUT2D eigenvalue weighted by Crippen LogP contribution is -2.48. The van der Waals surface area contributed by atoms with Crippen LogP contribution < -0.4 is 0 Å². The summed E-state index contributed by atoms with van der Waals surface area (Å²) >= 11 is 6.21. The second-order valence-corrected chi connectivity index (χ2v) is 9.13. The number of halogens is 2. The number of hydrogen-bond acceptors (Lipinski definition) is 3. The zero-order valence-corrected chi connectivity index (χ0v) is 20.3. The van der Waals surface area contributed by atoms with Gasteiger partial charge in [-0.1, -0.05) is 66.2 Å². The van der Waals surface area contributed by atoms with E-state index in [1.807, 2.05) is 77.2 Å². The van der Waals surface area contributed by atoms with E-state index in [0.29, 0.717) is 49.0 Å². The Labute approximate surface area is 209 Å². The second-order valence-electron chi connectivity index (χ2n) is 8.73. The third-order valence-corrected chi connectivity index (χ3v) is 6.80. The van der Waals surface area contributed by atoms with Gasteiger partial charge in [0.15, 0.2) is 0 Å². The summed E-state index contributed by atoms with van der Waals surface area (Å²) in [4.78, 5) is 17.9. The SMILES string of the molecule is Cc1c(C(=O)N2CCN(Cc3ccc(F)cc3Cl)CC2)c(-c2ccccc2)nn1-c1ccccc1. The highest BCUT2D eigenvalue weighted by Crippen LogP contribution is 2.29. The number of piperazine rings is 1. The lowest BCUT2D eigenvalue weighted by molar-refractivity contribution is 0.0628. The first-order valence-electron chi connectivity index (χ1n) is 11.7. The Bertz CT molecular complexity index is 1330. The number of carbonyl (C=O) groups is 1. The molecule has 0 bridgehead atoms. The van der Waals surface area contributed by atoms with E-state index in [-0.39, 0.29) is 11.7 Å². The monoisotopic (exact) mass is 488 g/mol. The van der Waals surface area contributed by atoms with Gasteiger partial charge >= 0.3 is 0 Å². The Hall–Kier alpha value is -3.48. The number of para-hydroxylation sites is 1. The van der Waals surface area contributed by atoms with Crippen molar-refractivity contribution in [1.82, 2.24) is 19.6 Å². The van der Waals surface area contributed by atoms with Gasteiger partial charge in [0, 0.05) is 43.3 Å². The van der Waals surface area contributed by atoms with Gasteiger partial charge in [0.05, 0.1) is 16.9 Å². The third-order valence-electron chi connectivity index (χ3n) is 6.45. The van der Waals surface area contributed by atoms with Crippen LogP contribution >= 0.6 is 11.6 Å². The molecular formula is C28H26ClFN4O. The van der Waals surface area contributed by atoms with Crippen LogP contribution in [0.5, 0.6) is 0 Å². The first-order chi connectivity index (χ1) is 17.0. The fraction of sp³-hybridized carbons (Fsp3) is 0.214. The number of nitrogens with zero attached hydrogens (tertiary/aromatic N) is 4. The van der Waals surface area contributed by atoms with Gasteiger partial charge in [-0.15, -0.1) is 0 Å². The maximum Gasteiger partial charge on any atom is 0.258 e. The molecule has 0 spiro atoms. The normalized spacial score (nSPS) is 14.3. The second kappa shape index (κ2) is 10.0. The summed E-state index contributed by atoms with van der Waals surface area (Å²) in [5.74, 6) is -0.349. The maximum atomic E-state index is 13.8. The zero-order valence-electron chi connectivity index (χ0n) is 19.5. The molecule has 1 amide bonds. The van der Waals surface area contributed by atoms with Gasteiger partial charge in [-0.25, -0.2) is 9.07 Å². The number of hydrogen-bond donors (Lipinski definition) is 0. The molecule has 7 heteroatoms. The molecule has 0 unspecified atom stereocenters. The molecule has 1 aliphatic heterocycles. The highest BCUT2D eigenvalue weighted by atomic mass is 35.5. The summed E-state index contributed by atoms with van der Waals surface area (Å²) in [6.07, 6.45) is 0. The molecule has 1 fully saturated rings. The molecule has 3 aromatic carbocycles. The van der Waals surface area contributed by atoms with Crippen molar-refractivity contribution in [3.63, 3.8) is 0 Å². The molecular weight excluding hydrogens is 463 g/mol. The lowest BCUT2D eigenvalue weighted by atomic mass is 10.0. The minimum absolute atomic E-state index is 0.0111.